The van der Waals surface area contributed by atoms with E-state index in [0.29, 0.717) is 22.3 Å². The normalized spacial score (nSPS) is 11.2. The topological polar surface area (TPSA) is 68.0 Å². The zero-order valence-electron chi connectivity index (χ0n) is 11.2. The molecular formula is C14H12F3N3OS. The Hall–Kier alpha value is -2.22. The third kappa shape index (κ3) is 4.66. The van der Waals surface area contributed by atoms with Gasteiger partial charge in [0.05, 0.1) is 11.3 Å². The Morgan fingerprint density at radius 2 is 2.05 bits per heavy atom. The number of nitrogens with one attached hydrogen (secondary N) is 1. The van der Waals surface area contributed by atoms with Gasteiger partial charge in [-0.2, -0.15) is 13.2 Å². The minimum absolute atomic E-state index is 0.0857. The average molecular weight is 327 g/mol. The lowest BCUT2D eigenvalue weighted by atomic mass is 10.2. The van der Waals surface area contributed by atoms with Gasteiger partial charge in [0, 0.05) is 16.8 Å². The van der Waals surface area contributed by atoms with E-state index in [1.54, 1.807) is 24.3 Å². The summed E-state index contributed by atoms with van der Waals surface area (Å²) in [6.07, 6.45) is -2.78. The summed E-state index contributed by atoms with van der Waals surface area (Å²) in [4.78, 5) is 16.3. The maximum atomic E-state index is 12.2. The molecule has 8 heteroatoms. The summed E-state index contributed by atoms with van der Waals surface area (Å²) in [6, 6.07) is 9.26. The number of rotatable bonds is 4. The summed E-state index contributed by atoms with van der Waals surface area (Å²) in [7, 11) is 0. The van der Waals surface area contributed by atoms with Crippen molar-refractivity contribution in [1.29, 1.82) is 0 Å². The van der Waals surface area contributed by atoms with Gasteiger partial charge in [0.25, 0.3) is 5.91 Å². The van der Waals surface area contributed by atoms with Gasteiger partial charge in [0.1, 0.15) is 5.82 Å². The van der Waals surface area contributed by atoms with Crippen LogP contribution in [0.3, 0.4) is 0 Å². The molecule has 2 rings (SSSR count). The van der Waals surface area contributed by atoms with Crippen molar-refractivity contribution < 1.29 is 18.0 Å². The number of thioether (sulfide) groups is 1. The molecule has 0 bridgehead atoms. The van der Waals surface area contributed by atoms with Gasteiger partial charge in [-0.3, -0.25) is 4.79 Å². The number of anilines is 2. The molecule has 1 aromatic heterocycles. The van der Waals surface area contributed by atoms with Crippen molar-refractivity contribution in [2.45, 2.75) is 11.1 Å². The van der Waals surface area contributed by atoms with E-state index in [2.05, 4.69) is 10.3 Å². The predicted octanol–water partition coefficient (Wildman–Crippen LogP) is 3.57. The van der Waals surface area contributed by atoms with Gasteiger partial charge in [-0.1, -0.05) is 6.07 Å². The Bertz CT molecular complexity index is 676. The molecule has 0 saturated heterocycles. The van der Waals surface area contributed by atoms with Crippen molar-refractivity contribution in [2.24, 2.45) is 0 Å². The quantitative estimate of drug-likeness (QED) is 0.843. The van der Waals surface area contributed by atoms with Crippen LogP contribution in [-0.4, -0.2) is 22.8 Å². The average Bonchev–Trinajstić information content (AvgIpc) is 2.45. The van der Waals surface area contributed by atoms with Gasteiger partial charge in [-0.05, 0) is 30.3 Å². The first-order valence-electron chi connectivity index (χ1n) is 6.16. The summed E-state index contributed by atoms with van der Waals surface area (Å²) >= 11 is 0.654. The number of nitrogens with zero attached hydrogens (tertiary/aromatic N) is 1. The molecule has 0 atom stereocenters. The molecular weight excluding hydrogens is 315 g/mol. The standard InChI is InChI=1S/C14H12F3N3OS/c15-14(16,17)8-22-10-4-1-3-9(7-10)20-13(21)11-5-2-6-19-12(11)18/h1-7H,8H2,(H2,18,19)(H,20,21). The molecule has 1 heterocycles. The molecule has 0 aliphatic carbocycles. The van der Waals surface area contributed by atoms with Crippen molar-refractivity contribution in [2.75, 3.05) is 16.8 Å². The van der Waals surface area contributed by atoms with Gasteiger partial charge in [0.15, 0.2) is 0 Å². The first-order valence-corrected chi connectivity index (χ1v) is 7.15. The van der Waals surface area contributed by atoms with Crippen LogP contribution in [-0.2, 0) is 0 Å². The molecule has 3 N–H and O–H groups in total. The predicted molar refractivity (Wildman–Crippen MR) is 79.8 cm³/mol. The van der Waals surface area contributed by atoms with E-state index >= 15 is 0 Å². The van der Waals surface area contributed by atoms with Gasteiger partial charge < -0.3 is 11.1 Å². The molecule has 0 unspecified atom stereocenters. The van der Waals surface area contributed by atoms with Gasteiger partial charge in [-0.25, -0.2) is 4.98 Å². The molecule has 1 amide bonds. The second-order valence-electron chi connectivity index (χ2n) is 4.32. The molecule has 4 nitrogen and oxygen atoms in total. The van der Waals surface area contributed by atoms with Crippen molar-refractivity contribution in [1.82, 2.24) is 4.98 Å². The monoisotopic (exact) mass is 327 g/mol. The van der Waals surface area contributed by atoms with Crippen molar-refractivity contribution >= 4 is 29.2 Å². The van der Waals surface area contributed by atoms with Crippen molar-refractivity contribution in [3.05, 3.63) is 48.2 Å². The lowest BCUT2D eigenvalue weighted by Gasteiger charge is -2.09. The number of pyridine rings is 1. The van der Waals surface area contributed by atoms with E-state index in [0.717, 1.165) is 0 Å². The zero-order valence-corrected chi connectivity index (χ0v) is 12.0. The summed E-state index contributed by atoms with van der Waals surface area (Å²) < 4.78 is 36.6. The number of amides is 1. The molecule has 116 valence electrons. The lowest BCUT2D eigenvalue weighted by Crippen LogP contribution is -2.14. The van der Waals surface area contributed by atoms with Gasteiger partial charge >= 0.3 is 6.18 Å². The van der Waals surface area contributed by atoms with Crippen LogP contribution in [0.25, 0.3) is 0 Å². The minimum atomic E-state index is -4.24. The number of halogens is 3. The molecule has 0 saturated carbocycles. The summed E-state index contributed by atoms with van der Waals surface area (Å²) in [6.45, 7) is 0. The number of benzene rings is 1. The summed E-state index contributed by atoms with van der Waals surface area (Å²) in [5.41, 5.74) is 6.19. The summed E-state index contributed by atoms with van der Waals surface area (Å²) in [5, 5.41) is 2.58. The fraction of sp³-hybridized carbons (Fsp3) is 0.143. The van der Waals surface area contributed by atoms with Crippen LogP contribution >= 0.6 is 11.8 Å². The molecule has 0 radical (unpaired) electrons. The number of alkyl halides is 3. The first-order chi connectivity index (χ1) is 10.3. The fourth-order valence-electron chi connectivity index (χ4n) is 1.64. The van der Waals surface area contributed by atoms with Crippen LogP contribution in [0, 0.1) is 0 Å². The second kappa shape index (κ2) is 6.69. The highest BCUT2D eigenvalue weighted by Gasteiger charge is 2.27. The SMILES string of the molecule is Nc1ncccc1C(=O)Nc1cccc(SCC(F)(F)F)c1. The molecule has 0 aliphatic rings. The Labute approximate surface area is 128 Å². The Balaban J connectivity index is 2.07. The Kier molecular flexibility index (Phi) is 4.92. The van der Waals surface area contributed by atoms with E-state index in [1.165, 1.54) is 18.3 Å². The van der Waals surface area contributed by atoms with Gasteiger partial charge in [-0.15, -0.1) is 11.8 Å². The number of nitrogen functional groups attached to an aromatic ring is 1. The molecule has 0 spiro atoms. The number of hydrogen-bond donors (Lipinski definition) is 2. The maximum Gasteiger partial charge on any atom is 0.398 e. The largest absolute Gasteiger partial charge is 0.398 e. The third-order valence-electron chi connectivity index (χ3n) is 2.58. The second-order valence-corrected chi connectivity index (χ2v) is 5.37. The van der Waals surface area contributed by atoms with Crippen LogP contribution in [0.5, 0.6) is 0 Å². The van der Waals surface area contributed by atoms with E-state index in [1.807, 2.05) is 0 Å². The Morgan fingerprint density at radius 3 is 2.73 bits per heavy atom. The number of carbonyl (C=O) groups is 1. The number of nitrogens with two attached hydrogens (primary N) is 1. The molecule has 22 heavy (non-hydrogen) atoms. The molecule has 2 aromatic rings. The van der Waals surface area contributed by atoms with Crippen molar-refractivity contribution in [3.8, 4) is 0 Å². The van der Waals surface area contributed by atoms with Crippen LogP contribution in [0.2, 0.25) is 0 Å². The Morgan fingerprint density at radius 1 is 1.27 bits per heavy atom. The highest BCUT2D eigenvalue weighted by molar-refractivity contribution is 7.99. The van der Waals surface area contributed by atoms with Crippen LogP contribution in [0.1, 0.15) is 10.4 Å². The first kappa shape index (κ1) is 16.2. The highest BCUT2D eigenvalue weighted by Crippen LogP contribution is 2.28. The number of carbonyl (C=O) groups excluding carboxylic acids is 1. The number of hydrogen-bond acceptors (Lipinski definition) is 4. The molecule has 0 aliphatic heterocycles. The molecule has 1 aromatic carbocycles. The molecule has 0 fully saturated rings. The van der Waals surface area contributed by atoms with E-state index in [9.17, 15) is 18.0 Å². The van der Waals surface area contributed by atoms with Crippen LogP contribution in [0.15, 0.2) is 47.5 Å². The summed E-state index contributed by atoms with van der Waals surface area (Å²) in [5.74, 6) is -1.37. The van der Waals surface area contributed by atoms with E-state index in [4.69, 9.17) is 5.73 Å². The van der Waals surface area contributed by atoms with E-state index < -0.39 is 17.8 Å². The van der Waals surface area contributed by atoms with E-state index in [-0.39, 0.29) is 11.4 Å². The zero-order chi connectivity index (χ0) is 16.2. The fourth-order valence-corrected chi connectivity index (χ4v) is 2.35. The minimum Gasteiger partial charge on any atom is -0.383 e. The highest BCUT2D eigenvalue weighted by atomic mass is 32.2. The third-order valence-corrected chi connectivity index (χ3v) is 3.64. The smallest absolute Gasteiger partial charge is 0.383 e. The van der Waals surface area contributed by atoms with Crippen LogP contribution in [0.4, 0.5) is 24.7 Å². The van der Waals surface area contributed by atoms with Gasteiger partial charge in [0.2, 0.25) is 0 Å². The van der Waals surface area contributed by atoms with Crippen molar-refractivity contribution in [3.63, 3.8) is 0 Å². The van der Waals surface area contributed by atoms with Crippen LogP contribution < -0.4 is 11.1 Å². The lowest BCUT2D eigenvalue weighted by molar-refractivity contribution is -0.105. The number of aromatic nitrogens is 1. The maximum absolute atomic E-state index is 12.2.